The summed E-state index contributed by atoms with van der Waals surface area (Å²) in [6.45, 7) is 8.57. The summed E-state index contributed by atoms with van der Waals surface area (Å²) in [6, 6.07) is 11.5. The van der Waals surface area contributed by atoms with Crippen LogP contribution in [-0.2, 0) is 10.5 Å². The predicted octanol–water partition coefficient (Wildman–Crippen LogP) is 2.41. The number of rotatable bonds is 5. The number of thioether (sulfide) groups is 1. The van der Waals surface area contributed by atoms with Gasteiger partial charge in [-0.2, -0.15) is 10.5 Å². The van der Waals surface area contributed by atoms with Crippen LogP contribution in [0.2, 0.25) is 0 Å². The Balaban J connectivity index is 1.56. The van der Waals surface area contributed by atoms with Crippen molar-refractivity contribution in [3.63, 3.8) is 0 Å². The van der Waals surface area contributed by atoms with E-state index in [1.54, 1.807) is 0 Å². The Kier molecular flexibility index (Phi) is 6.70. The molecule has 0 spiro atoms. The van der Waals surface area contributed by atoms with E-state index in [0.717, 1.165) is 24.3 Å². The standard InChI is InChI=1S/C23H26N8O2S/c1-23(2,3)22(33)31-9-7-30(8-10-31)16-6-4-5-15(11-16)17-12-20(32)25-21(18(17)13-24)34-14-19-26-28-29-27-19/h4-6,11-12H,7-10,14H2,1-3H3,(H,25,32)(H,26,27,28,29). The average Bonchev–Trinajstić information content (AvgIpc) is 3.35. The number of aromatic nitrogens is 5. The second-order valence-corrected chi connectivity index (χ2v) is 10.0. The molecule has 3 heterocycles. The summed E-state index contributed by atoms with van der Waals surface area (Å²) in [6.07, 6.45) is 0. The fourth-order valence-electron chi connectivity index (χ4n) is 3.88. The molecule has 11 heteroatoms. The van der Waals surface area contributed by atoms with Crippen LogP contribution in [0, 0.1) is 16.7 Å². The minimum Gasteiger partial charge on any atom is -0.368 e. The molecular formula is C23H26N8O2S. The van der Waals surface area contributed by atoms with Crippen molar-refractivity contribution in [2.24, 2.45) is 5.41 Å². The summed E-state index contributed by atoms with van der Waals surface area (Å²) in [5.74, 6) is 1.00. The van der Waals surface area contributed by atoms with Crippen LogP contribution in [0.3, 0.4) is 0 Å². The van der Waals surface area contributed by atoms with E-state index in [1.807, 2.05) is 49.9 Å². The van der Waals surface area contributed by atoms with Gasteiger partial charge in [0.25, 0.3) is 0 Å². The third-order valence-corrected chi connectivity index (χ3v) is 6.58. The molecule has 2 N–H and O–H groups in total. The molecule has 0 bridgehead atoms. The topological polar surface area (TPSA) is 135 Å². The van der Waals surface area contributed by atoms with Crippen LogP contribution in [0.4, 0.5) is 5.69 Å². The second-order valence-electron chi connectivity index (χ2n) is 9.06. The predicted molar refractivity (Wildman–Crippen MR) is 129 cm³/mol. The second kappa shape index (κ2) is 9.69. The van der Waals surface area contributed by atoms with Gasteiger partial charge < -0.3 is 14.8 Å². The number of hydrogen-bond acceptors (Lipinski definition) is 8. The van der Waals surface area contributed by atoms with Crippen LogP contribution in [0.1, 0.15) is 32.2 Å². The average molecular weight is 479 g/mol. The van der Waals surface area contributed by atoms with Gasteiger partial charge in [0.05, 0.1) is 16.3 Å². The number of hydrogen-bond donors (Lipinski definition) is 2. The lowest BCUT2D eigenvalue weighted by Gasteiger charge is -2.38. The van der Waals surface area contributed by atoms with Crippen molar-refractivity contribution in [3.8, 4) is 17.2 Å². The molecule has 0 unspecified atom stereocenters. The Hall–Kier alpha value is -3.65. The largest absolute Gasteiger partial charge is 0.368 e. The number of carbonyl (C=O) groups excluding carboxylic acids is 1. The Labute approximate surface area is 201 Å². The third kappa shape index (κ3) is 5.12. The molecule has 1 aliphatic rings. The SMILES string of the molecule is CC(C)(C)C(=O)N1CCN(c2cccc(-c3cc(=O)[nH]c(SCc4nn[nH]n4)c3C#N)c2)CC1. The van der Waals surface area contributed by atoms with E-state index < -0.39 is 5.41 Å². The van der Waals surface area contributed by atoms with Gasteiger partial charge in [0, 0.05) is 48.9 Å². The number of tetrazole rings is 1. The lowest BCUT2D eigenvalue weighted by atomic mass is 9.94. The van der Waals surface area contributed by atoms with Gasteiger partial charge in [-0.15, -0.1) is 10.2 Å². The van der Waals surface area contributed by atoms with Gasteiger partial charge >= 0.3 is 0 Å². The molecule has 3 aromatic rings. The molecule has 0 atom stereocenters. The molecule has 34 heavy (non-hydrogen) atoms. The highest BCUT2D eigenvalue weighted by Crippen LogP contribution is 2.32. The minimum atomic E-state index is -0.393. The minimum absolute atomic E-state index is 0.161. The van der Waals surface area contributed by atoms with E-state index >= 15 is 0 Å². The first-order valence-corrected chi connectivity index (χ1v) is 11.9. The number of H-pyrrole nitrogens is 2. The van der Waals surface area contributed by atoms with E-state index in [9.17, 15) is 14.9 Å². The Morgan fingerprint density at radius 3 is 2.62 bits per heavy atom. The summed E-state index contributed by atoms with van der Waals surface area (Å²) in [7, 11) is 0. The van der Waals surface area contributed by atoms with Crippen molar-refractivity contribution < 1.29 is 4.79 Å². The number of carbonyl (C=O) groups is 1. The zero-order valence-corrected chi connectivity index (χ0v) is 20.1. The molecule has 4 rings (SSSR count). The van der Waals surface area contributed by atoms with Gasteiger partial charge in [-0.3, -0.25) is 9.59 Å². The number of piperazine rings is 1. The van der Waals surface area contributed by atoms with Gasteiger partial charge in [-0.25, -0.2) is 0 Å². The highest BCUT2D eigenvalue weighted by atomic mass is 32.2. The van der Waals surface area contributed by atoms with Crippen LogP contribution in [0.5, 0.6) is 0 Å². The Morgan fingerprint density at radius 2 is 1.97 bits per heavy atom. The van der Waals surface area contributed by atoms with Crippen molar-refractivity contribution in [3.05, 3.63) is 52.1 Å². The monoisotopic (exact) mass is 478 g/mol. The molecular weight excluding hydrogens is 452 g/mol. The molecule has 10 nitrogen and oxygen atoms in total. The molecule has 1 saturated heterocycles. The summed E-state index contributed by atoms with van der Waals surface area (Å²) >= 11 is 1.28. The number of anilines is 1. The molecule has 176 valence electrons. The van der Waals surface area contributed by atoms with E-state index in [0.29, 0.717) is 40.8 Å². The number of aromatic amines is 2. The maximum Gasteiger partial charge on any atom is 0.249 e. The first-order chi connectivity index (χ1) is 16.3. The number of nitrogens with zero attached hydrogens (tertiary/aromatic N) is 6. The van der Waals surface area contributed by atoms with Crippen molar-refractivity contribution >= 4 is 23.4 Å². The van der Waals surface area contributed by atoms with Crippen LogP contribution in [0.15, 0.2) is 40.2 Å². The van der Waals surface area contributed by atoms with Gasteiger partial charge in [-0.05, 0) is 17.7 Å². The number of nitrogens with one attached hydrogen (secondary N) is 2. The first-order valence-electron chi connectivity index (χ1n) is 10.9. The van der Waals surface area contributed by atoms with Gasteiger partial charge in [0.2, 0.25) is 11.5 Å². The van der Waals surface area contributed by atoms with Crippen LogP contribution in [0.25, 0.3) is 11.1 Å². The highest BCUT2D eigenvalue weighted by Gasteiger charge is 2.29. The van der Waals surface area contributed by atoms with Crippen LogP contribution < -0.4 is 10.5 Å². The third-order valence-electron chi connectivity index (χ3n) is 5.59. The lowest BCUT2D eigenvalue weighted by molar-refractivity contribution is -0.139. The molecule has 0 saturated carbocycles. The summed E-state index contributed by atoms with van der Waals surface area (Å²) in [5, 5.41) is 24.1. The van der Waals surface area contributed by atoms with E-state index in [4.69, 9.17) is 0 Å². The Morgan fingerprint density at radius 1 is 1.21 bits per heavy atom. The Bertz CT molecular complexity index is 1270. The maximum atomic E-state index is 12.6. The quantitative estimate of drug-likeness (QED) is 0.534. The summed E-state index contributed by atoms with van der Waals surface area (Å²) < 4.78 is 0. The number of pyridine rings is 1. The molecule has 1 fully saturated rings. The molecule has 1 aromatic carbocycles. The van der Waals surface area contributed by atoms with Crippen LogP contribution >= 0.6 is 11.8 Å². The maximum absolute atomic E-state index is 12.6. The van der Waals surface area contributed by atoms with Crippen molar-refractivity contribution in [1.29, 1.82) is 5.26 Å². The molecule has 0 radical (unpaired) electrons. The van der Waals surface area contributed by atoms with Crippen molar-refractivity contribution in [2.75, 3.05) is 31.1 Å². The molecule has 2 aromatic heterocycles. The first kappa shape index (κ1) is 23.5. The zero-order valence-electron chi connectivity index (χ0n) is 19.3. The van der Waals surface area contributed by atoms with E-state index in [2.05, 4.69) is 36.6 Å². The van der Waals surface area contributed by atoms with Crippen molar-refractivity contribution in [1.82, 2.24) is 30.5 Å². The number of amides is 1. The molecule has 1 aliphatic heterocycles. The fraction of sp³-hybridized carbons (Fsp3) is 0.391. The molecule has 1 amide bonds. The van der Waals surface area contributed by atoms with Crippen LogP contribution in [-0.4, -0.2) is 62.6 Å². The summed E-state index contributed by atoms with van der Waals surface area (Å²) in [4.78, 5) is 31.9. The van der Waals surface area contributed by atoms with Gasteiger partial charge in [-0.1, -0.05) is 49.9 Å². The van der Waals surface area contributed by atoms with E-state index in [-0.39, 0.29) is 11.5 Å². The van der Waals surface area contributed by atoms with Gasteiger partial charge in [0.15, 0.2) is 5.82 Å². The van der Waals surface area contributed by atoms with Gasteiger partial charge in [0.1, 0.15) is 6.07 Å². The molecule has 0 aliphatic carbocycles. The smallest absolute Gasteiger partial charge is 0.249 e. The number of benzene rings is 1. The zero-order chi connectivity index (χ0) is 24.3. The van der Waals surface area contributed by atoms with Crippen molar-refractivity contribution in [2.45, 2.75) is 31.6 Å². The number of nitriles is 1. The lowest BCUT2D eigenvalue weighted by Crippen LogP contribution is -2.51. The highest BCUT2D eigenvalue weighted by molar-refractivity contribution is 7.98. The van der Waals surface area contributed by atoms with E-state index in [1.165, 1.54) is 17.8 Å². The fourth-order valence-corrected chi connectivity index (χ4v) is 4.74. The normalized spacial score (nSPS) is 14.2. The summed E-state index contributed by atoms with van der Waals surface area (Å²) in [5.41, 5.74) is 2.07.